The number of anilines is 2. The summed E-state index contributed by atoms with van der Waals surface area (Å²) < 4.78 is 21.6. The first-order valence-corrected chi connectivity index (χ1v) is 11.6. The number of nitrogens with zero attached hydrogens (tertiary/aromatic N) is 3. The van der Waals surface area contributed by atoms with E-state index in [2.05, 4.69) is 20.7 Å². The molecular formula is C27H22FN5O4. The Hall–Kier alpha value is -4.86. The Morgan fingerprint density at radius 2 is 1.81 bits per heavy atom. The zero-order valence-electron chi connectivity index (χ0n) is 19.8. The maximum Gasteiger partial charge on any atom is 0.276 e. The van der Waals surface area contributed by atoms with Crippen LogP contribution >= 0.6 is 0 Å². The molecule has 10 heteroatoms. The number of aromatic nitrogens is 3. The third kappa shape index (κ3) is 5.53. The Morgan fingerprint density at radius 3 is 2.54 bits per heavy atom. The van der Waals surface area contributed by atoms with Gasteiger partial charge in [0.1, 0.15) is 11.6 Å². The number of para-hydroxylation sites is 1. The van der Waals surface area contributed by atoms with Gasteiger partial charge in [0.05, 0.1) is 5.69 Å². The molecule has 0 bridgehead atoms. The van der Waals surface area contributed by atoms with Gasteiger partial charge >= 0.3 is 0 Å². The third-order valence-corrected chi connectivity index (χ3v) is 5.69. The van der Waals surface area contributed by atoms with Crippen LogP contribution in [0.15, 0.2) is 77.7 Å². The molecule has 5 rings (SSSR count). The van der Waals surface area contributed by atoms with Gasteiger partial charge in [-0.05, 0) is 55.7 Å². The first kappa shape index (κ1) is 23.9. The van der Waals surface area contributed by atoms with Gasteiger partial charge in [-0.1, -0.05) is 18.2 Å². The SMILES string of the molecule is Cc1cc(=O)n(-c2ccccc2)nc1C(=O)Nc1ccc(Oc2ccnc(NC(=O)C3CC3)c2)c(F)c1. The molecule has 4 aromatic rings. The Morgan fingerprint density at radius 1 is 1.03 bits per heavy atom. The van der Waals surface area contributed by atoms with Crippen LogP contribution in [0, 0.1) is 18.7 Å². The number of halogens is 1. The zero-order valence-corrected chi connectivity index (χ0v) is 19.8. The van der Waals surface area contributed by atoms with Crippen molar-refractivity contribution in [3.63, 3.8) is 0 Å². The second-order valence-corrected chi connectivity index (χ2v) is 8.60. The van der Waals surface area contributed by atoms with Gasteiger partial charge in [0.15, 0.2) is 17.3 Å². The van der Waals surface area contributed by atoms with Crippen molar-refractivity contribution in [2.45, 2.75) is 19.8 Å². The van der Waals surface area contributed by atoms with Crippen LogP contribution in [0.2, 0.25) is 0 Å². The van der Waals surface area contributed by atoms with E-state index in [1.807, 2.05) is 0 Å². The maximum absolute atomic E-state index is 14.8. The summed E-state index contributed by atoms with van der Waals surface area (Å²) in [4.78, 5) is 41.3. The Kier molecular flexibility index (Phi) is 6.46. The van der Waals surface area contributed by atoms with Crippen molar-refractivity contribution in [3.8, 4) is 17.2 Å². The Labute approximate surface area is 210 Å². The molecule has 0 radical (unpaired) electrons. The fourth-order valence-electron chi connectivity index (χ4n) is 3.62. The minimum absolute atomic E-state index is 0.0207. The van der Waals surface area contributed by atoms with Crippen LogP contribution in [-0.4, -0.2) is 26.6 Å². The molecule has 1 aliphatic rings. The molecule has 1 saturated carbocycles. The lowest BCUT2D eigenvalue weighted by molar-refractivity contribution is -0.117. The van der Waals surface area contributed by atoms with E-state index in [0.717, 1.165) is 23.6 Å². The molecule has 37 heavy (non-hydrogen) atoms. The monoisotopic (exact) mass is 499 g/mol. The van der Waals surface area contributed by atoms with Gasteiger partial charge in [-0.2, -0.15) is 9.78 Å². The highest BCUT2D eigenvalue weighted by atomic mass is 19.1. The number of aryl methyl sites for hydroxylation is 1. The summed E-state index contributed by atoms with van der Waals surface area (Å²) in [5.41, 5.74) is 0.736. The Bertz CT molecular complexity index is 1550. The van der Waals surface area contributed by atoms with Gasteiger partial charge in [0.25, 0.3) is 11.5 Å². The standard InChI is InChI=1S/C27H22FN5O4/c1-16-13-24(34)33(19-5-3-2-4-6-19)32-25(16)27(36)30-18-9-10-22(21(28)14-18)37-20-11-12-29-23(15-20)31-26(35)17-7-8-17/h2-6,9-15,17H,7-8H2,1H3,(H,30,36)(H,29,31,35). The summed E-state index contributed by atoms with van der Waals surface area (Å²) in [6.07, 6.45) is 3.18. The van der Waals surface area contributed by atoms with E-state index in [0.29, 0.717) is 22.8 Å². The van der Waals surface area contributed by atoms with Crippen LogP contribution in [0.4, 0.5) is 15.9 Å². The van der Waals surface area contributed by atoms with Crippen molar-refractivity contribution in [1.29, 1.82) is 0 Å². The lowest BCUT2D eigenvalue weighted by Gasteiger charge is -2.12. The maximum atomic E-state index is 14.8. The van der Waals surface area contributed by atoms with E-state index in [-0.39, 0.29) is 34.5 Å². The number of benzene rings is 2. The fourth-order valence-corrected chi connectivity index (χ4v) is 3.62. The number of ether oxygens (including phenoxy) is 1. The van der Waals surface area contributed by atoms with E-state index in [1.54, 1.807) is 37.3 Å². The number of carbonyl (C=O) groups is 2. The van der Waals surface area contributed by atoms with E-state index < -0.39 is 11.7 Å². The second kappa shape index (κ2) is 10.0. The quantitative estimate of drug-likeness (QED) is 0.388. The van der Waals surface area contributed by atoms with E-state index in [9.17, 15) is 18.8 Å². The van der Waals surface area contributed by atoms with Crippen LogP contribution < -0.4 is 20.9 Å². The molecule has 2 aromatic heterocycles. The van der Waals surface area contributed by atoms with Crippen LogP contribution in [0.5, 0.6) is 11.5 Å². The number of hydrogen-bond donors (Lipinski definition) is 2. The van der Waals surface area contributed by atoms with Gasteiger partial charge in [0.2, 0.25) is 5.91 Å². The molecule has 1 fully saturated rings. The number of hydrogen-bond acceptors (Lipinski definition) is 6. The Balaban J connectivity index is 1.30. The fraction of sp³-hybridized carbons (Fsp3) is 0.148. The number of amides is 2. The minimum Gasteiger partial charge on any atom is -0.454 e. The van der Waals surface area contributed by atoms with Gasteiger partial charge < -0.3 is 15.4 Å². The second-order valence-electron chi connectivity index (χ2n) is 8.60. The molecule has 2 N–H and O–H groups in total. The van der Waals surface area contributed by atoms with Crippen molar-refractivity contribution < 1.29 is 18.7 Å². The largest absolute Gasteiger partial charge is 0.454 e. The lowest BCUT2D eigenvalue weighted by atomic mass is 10.2. The molecule has 2 heterocycles. The van der Waals surface area contributed by atoms with Gasteiger partial charge in [-0.15, -0.1) is 0 Å². The number of carbonyl (C=O) groups excluding carboxylic acids is 2. The minimum atomic E-state index is -0.711. The van der Waals surface area contributed by atoms with Crippen molar-refractivity contribution in [2.24, 2.45) is 5.92 Å². The molecular weight excluding hydrogens is 477 g/mol. The summed E-state index contributed by atoms with van der Waals surface area (Å²) in [5, 5.41) is 9.54. The molecule has 0 atom stereocenters. The average molecular weight is 500 g/mol. The zero-order chi connectivity index (χ0) is 25.9. The summed E-state index contributed by atoms with van der Waals surface area (Å²) in [7, 11) is 0. The summed E-state index contributed by atoms with van der Waals surface area (Å²) in [6, 6.07) is 17.1. The first-order valence-electron chi connectivity index (χ1n) is 11.6. The summed E-state index contributed by atoms with van der Waals surface area (Å²) in [5.74, 6) is -0.849. The molecule has 2 amide bonds. The van der Waals surface area contributed by atoms with Crippen molar-refractivity contribution in [1.82, 2.24) is 14.8 Å². The average Bonchev–Trinajstić information content (AvgIpc) is 3.72. The molecule has 186 valence electrons. The van der Waals surface area contributed by atoms with Crippen molar-refractivity contribution in [3.05, 3.63) is 100 Å². The lowest BCUT2D eigenvalue weighted by Crippen LogP contribution is -2.26. The molecule has 0 spiro atoms. The summed E-state index contributed by atoms with van der Waals surface area (Å²) >= 11 is 0. The van der Waals surface area contributed by atoms with E-state index in [1.165, 1.54) is 36.5 Å². The molecule has 0 saturated heterocycles. The van der Waals surface area contributed by atoms with Gasteiger partial charge in [-0.25, -0.2) is 9.37 Å². The molecule has 0 aliphatic heterocycles. The number of pyridine rings is 1. The van der Waals surface area contributed by atoms with Gasteiger partial charge in [0, 0.05) is 36.0 Å². The number of rotatable bonds is 7. The molecule has 2 aromatic carbocycles. The van der Waals surface area contributed by atoms with Crippen molar-refractivity contribution in [2.75, 3.05) is 10.6 Å². The van der Waals surface area contributed by atoms with Crippen LogP contribution in [0.3, 0.4) is 0 Å². The molecule has 1 aliphatic carbocycles. The molecule has 9 nitrogen and oxygen atoms in total. The molecule has 0 unspecified atom stereocenters. The van der Waals surface area contributed by atoms with Gasteiger partial charge in [-0.3, -0.25) is 14.4 Å². The van der Waals surface area contributed by atoms with Crippen LogP contribution in [0.25, 0.3) is 5.69 Å². The highest BCUT2D eigenvalue weighted by Crippen LogP contribution is 2.31. The van der Waals surface area contributed by atoms with Crippen LogP contribution in [0.1, 0.15) is 28.9 Å². The predicted octanol–water partition coefficient (Wildman–Crippen LogP) is 4.47. The highest BCUT2D eigenvalue weighted by molar-refractivity contribution is 6.03. The first-order chi connectivity index (χ1) is 17.9. The normalized spacial score (nSPS) is 12.6. The van der Waals surface area contributed by atoms with Crippen molar-refractivity contribution >= 4 is 23.3 Å². The van der Waals surface area contributed by atoms with Crippen LogP contribution in [-0.2, 0) is 4.79 Å². The van der Waals surface area contributed by atoms with E-state index in [4.69, 9.17) is 4.74 Å². The third-order valence-electron chi connectivity index (χ3n) is 5.69. The highest BCUT2D eigenvalue weighted by Gasteiger charge is 2.29. The van der Waals surface area contributed by atoms with E-state index >= 15 is 0 Å². The summed E-state index contributed by atoms with van der Waals surface area (Å²) in [6.45, 7) is 1.60. The predicted molar refractivity (Wildman–Crippen MR) is 135 cm³/mol. The smallest absolute Gasteiger partial charge is 0.276 e. The number of nitrogens with one attached hydrogen (secondary N) is 2. The topological polar surface area (TPSA) is 115 Å².